The van der Waals surface area contributed by atoms with Gasteiger partial charge in [0.05, 0.1) is 4.90 Å². The average Bonchev–Trinajstić information content (AvgIpc) is 2.55. The Labute approximate surface area is 146 Å². The topological polar surface area (TPSA) is 89.3 Å². The van der Waals surface area contributed by atoms with Gasteiger partial charge >= 0.3 is 0 Å². The second-order valence-corrected chi connectivity index (χ2v) is 7.50. The van der Waals surface area contributed by atoms with Gasteiger partial charge in [-0.25, -0.2) is 13.6 Å². The van der Waals surface area contributed by atoms with Crippen molar-refractivity contribution in [2.75, 3.05) is 6.54 Å². The van der Waals surface area contributed by atoms with Gasteiger partial charge in [0.1, 0.15) is 0 Å². The van der Waals surface area contributed by atoms with Crippen molar-refractivity contribution in [3.63, 3.8) is 0 Å². The summed E-state index contributed by atoms with van der Waals surface area (Å²) in [5.41, 5.74) is 0.922. The SMILES string of the molecule is NS(=O)(=O)c1ccc(CCNC(=O)/C=C/Sc2ccccc2)cc1. The van der Waals surface area contributed by atoms with Crippen molar-refractivity contribution in [3.05, 3.63) is 71.6 Å². The summed E-state index contributed by atoms with van der Waals surface area (Å²) >= 11 is 1.47. The zero-order valence-electron chi connectivity index (χ0n) is 12.9. The highest BCUT2D eigenvalue weighted by Crippen LogP contribution is 2.17. The fraction of sp³-hybridized carbons (Fsp3) is 0.118. The molecule has 0 fully saturated rings. The third-order valence-electron chi connectivity index (χ3n) is 3.13. The van der Waals surface area contributed by atoms with E-state index in [1.54, 1.807) is 17.5 Å². The van der Waals surface area contributed by atoms with Gasteiger partial charge in [-0.2, -0.15) is 0 Å². The van der Waals surface area contributed by atoms with Crippen molar-refractivity contribution >= 4 is 27.7 Å². The Hall–Kier alpha value is -2.09. The van der Waals surface area contributed by atoms with Crippen molar-refractivity contribution in [2.45, 2.75) is 16.2 Å². The lowest BCUT2D eigenvalue weighted by atomic mass is 10.1. The number of nitrogens with two attached hydrogens (primary N) is 1. The van der Waals surface area contributed by atoms with Gasteiger partial charge in [0.25, 0.3) is 0 Å². The molecule has 0 spiro atoms. The summed E-state index contributed by atoms with van der Waals surface area (Å²) in [6.07, 6.45) is 2.10. The molecule has 0 atom stereocenters. The summed E-state index contributed by atoms with van der Waals surface area (Å²) < 4.78 is 22.3. The van der Waals surface area contributed by atoms with E-state index < -0.39 is 10.0 Å². The first-order valence-corrected chi connectivity index (χ1v) is 9.65. The molecule has 0 heterocycles. The number of hydrogen-bond acceptors (Lipinski definition) is 4. The molecule has 0 unspecified atom stereocenters. The van der Waals surface area contributed by atoms with Gasteiger partial charge in [-0.05, 0) is 41.7 Å². The summed E-state index contributed by atoms with van der Waals surface area (Å²) in [4.78, 5) is 12.8. The number of rotatable bonds is 7. The van der Waals surface area contributed by atoms with Crippen LogP contribution in [0.15, 0.2) is 75.9 Å². The summed E-state index contributed by atoms with van der Waals surface area (Å²) in [6.45, 7) is 0.466. The van der Waals surface area contributed by atoms with Gasteiger partial charge < -0.3 is 5.32 Å². The number of nitrogens with one attached hydrogen (secondary N) is 1. The third kappa shape index (κ3) is 6.19. The van der Waals surface area contributed by atoms with Crippen LogP contribution < -0.4 is 10.5 Å². The second-order valence-electron chi connectivity index (χ2n) is 4.96. The van der Waals surface area contributed by atoms with Gasteiger partial charge in [0.15, 0.2) is 0 Å². The van der Waals surface area contributed by atoms with Crippen molar-refractivity contribution in [1.82, 2.24) is 5.32 Å². The standard InChI is InChI=1S/C17H18N2O3S2/c18-24(21,22)16-8-6-14(7-9-16)10-12-19-17(20)11-13-23-15-4-2-1-3-5-15/h1-9,11,13H,10,12H2,(H,19,20)(H2,18,21,22)/b13-11+. The van der Waals surface area contributed by atoms with Crippen LogP contribution >= 0.6 is 11.8 Å². The molecule has 24 heavy (non-hydrogen) atoms. The van der Waals surface area contributed by atoms with E-state index in [0.717, 1.165) is 10.5 Å². The number of primary sulfonamides is 1. The number of carbonyl (C=O) groups is 1. The Morgan fingerprint density at radius 2 is 1.75 bits per heavy atom. The Morgan fingerprint density at radius 1 is 1.08 bits per heavy atom. The lowest BCUT2D eigenvalue weighted by Crippen LogP contribution is -2.23. The molecule has 2 aromatic carbocycles. The lowest BCUT2D eigenvalue weighted by Gasteiger charge is -2.04. The first-order chi connectivity index (χ1) is 11.4. The molecule has 0 aromatic heterocycles. The van der Waals surface area contributed by atoms with Gasteiger partial charge in [-0.1, -0.05) is 42.1 Å². The molecule has 3 N–H and O–H groups in total. The fourth-order valence-corrected chi connectivity index (χ4v) is 3.09. The molecular weight excluding hydrogens is 344 g/mol. The summed E-state index contributed by atoms with van der Waals surface area (Å²) in [5, 5.41) is 9.56. The Morgan fingerprint density at radius 3 is 2.38 bits per heavy atom. The van der Waals surface area contributed by atoms with E-state index in [1.807, 2.05) is 30.3 Å². The lowest BCUT2D eigenvalue weighted by molar-refractivity contribution is -0.116. The third-order valence-corrected chi connectivity index (χ3v) is 4.88. The van der Waals surface area contributed by atoms with E-state index in [1.165, 1.54) is 30.0 Å². The number of hydrogen-bond donors (Lipinski definition) is 2. The molecule has 5 nitrogen and oxygen atoms in total. The van der Waals surface area contributed by atoms with E-state index in [9.17, 15) is 13.2 Å². The molecular formula is C17H18N2O3S2. The molecule has 7 heteroatoms. The van der Waals surface area contributed by atoms with Crippen molar-refractivity contribution in [2.24, 2.45) is 5.14 Å². The molecule has 2 aromatic rings. The molecule has 0 aliphatic carbocycles. The number of benzene rings is 2. The van der Waals surface area contributed by atoms with Gasteiger partial charge in [-0.15, -0.1) is 0 Å². The monoisotopic (exact) mass is 362 g/mol. The molecule has 0 bridgehead atoms. The van der Waals surface area contributed by atoms with Crippen LogP contribution in [-0.4, -0.2) is 20.9 Å². The number of amides is 1. The van der Waals surface area contributed by atoms with Crippen molar-refractivity contribution in [1.29, 1.82) is 0 Å². The summed E-state index contributed by atoms with van der Waals surface area (Å²) in [7, 11) is -3.67. The highest BCUT2D eigenvalue weighted by molar-refractivity contribution is 8.02. The Kier molecular flexibility index (Phi) is 6.60. The summed E-state index contributed by atoms with van der Waals surface area (Å²) in [5.74, 6) is -0.167. The van der Waals surface area contributed by atoms with Crippen LogP contribution in [0.3, 0.4) is 0 Å². The normalized spacial score (nSPS) is 11.5. The van der Waals surface area contributed by atoms with E-state index in [2.05, 4.69) is 5.32 Å². The fourth-order valence-electron chi connectivity index (χ4n) is 1.91. The van der Waals surface area contributed by atoms with Crippen LogP contribution in [0.2, 0.25) is 0 Å². The van der Waals surface area contributed by atoms with Gasteiger partial charge in [-0.3, -0.25) is 4.79 Å². The molecule has 1 amide bonds. The zero-order valence-corrected chi connectivity index (χ0v) is 14.5. The van der Waals surface area contributed by atoms with Crippen molar-refractivity contribution < 1.29 is 13.2 Å². The minimum Gasteiger partial charge on any atom is -0.352 e. The minimum atomic E-state index is -3.67. The Balaban J connectivity index is 1.74. The van der Waals surface area contributed by atoms with Crippen molar-refractivity contribution in [3.8, 4) is 0 Å². The number of sulfonamides is 1. The smallest absolute Gasteiger partial charge is 0.244 e. The minimum absolute atomic E-state index is 0.0798. The predicted molar refractivity (Wildman–Crippen MR) is 96.0 cm³/mol. The molecule has 0 saturated carbocycles. The maximum absolute atomic E-state index is 11.7. The van der Waals surface area contributed by atoms with Crippen LogP contribution in [0.25, 0.3) is 0 Å². The molecule has 0 aliphatic rings. The van der Waals surface area contributed by atoms with Crippen LogP contribution in [-0.2, 0) is 21.2 Å². The van der Waals surface area contributed by atoms with E-state index in [0.29, 0.717) is 13.0 Å². The molecule has 0 radical (unpaired) electrons. The Bertz CT molecular complexity index is 801. The maximum atomic E-state index is 11.7. The largest absolute Gasteiger partial charge is 0.352 e. The second kappa shape index (κ2) is 8.68. The average molecular weight is 362 g/mol. The quantitative estimate of drug-likeness (QED) is 0.584. The maximum Gasteiger partial charge on any atom is 0.244 e. The molecule has 126 valence electrons. The highest BCUT2D eigenvalue weighted by Gasteiger charge is 2.06. The van der Waals surface area contributed by atoms with E-state index in [4.69, 9.17) is 5.14 Å². The number of thioether (sulfide) groups is 1. The first-order valence-electron chi connectivity index (χ1n) is 7.23. The van der Waals surface area contributed by atoms with Gasteiger partial charge in [0, 0.05) is 17.5 Å². The predicted octanol–water partition coefficient (Wildman–Crippen LogP) is 2.30. The van der Waals surface area contributed by atoms with Crippen LogP contribution in [0, 0.1) is 0 Å². The van der Waals surface area contributed by atoms with E-state index >= 15 is 0 Å². The molecule has 0 saturated heterocycles. The van der Waals surface area contributed by atoms with Crippen LogP contribution in [0.4, 0.5) is 0 Å². The van der Waals surface area contributed by atoms with E-state index in [-0.39, 0.29) is 10.8 Å². The summed E-state index contributed by atoms with van der Waals surface area (Å²) in [6, 6.07) is 16.1. The molecule has 2 rings (SSSR count). The van der Waals surface area contributed by atoms with Crippen LogP contribution in [0.1, 0.15) is 5.56 Å². The van der Waals surface area contributed by atoms with Crippen LogP contribution in [0.5, 0.6) is 0 Å². The molecule has 0 aliphatic heterocycles. The zero-order chi connectivity index (χ0) is 17.4. The van der Waals surface area contributed by atoms with Gasteiger partial charge in [0.2, 0.25) is 15.9 Å². The highest BCUT2D eigenvalue weighted by atomic mass is 32.2. The first kappa shape index (κ1) is 18.3. The number of carbonyl (C=O) groups excluding carboxylic acids is 1.